The van der Waals surface area contributed by atoms with Gasteiger partial charge in [0.05, 0.1) is 13.3 Å². The summed E-state index contributed by atoms with van der Waals surface area (Å²) in [7, 11) is 2.96. The smallest absolute Gasteiger partial charge is 0.293 e. The number of methoxy groups -OCH3 is 1. The Hall–Kier alpha value is -1.52. The molecule has 1 rings (SSSR count). The number of hydrogen-bond donors (Lipinski definition) is 1. The molecule has 0 bridgehead atoms. The van der Waals surface area contributed by atoms with E-state index < -0.39 is 0 Å². The summed E-state index contributed by atoms with van der Waals surface area (Å²) in [5.74, 6) is 0.313. The minimum atomic E-state index is -0.343. The summed E-state index contributed by atoms with van der Waals surface area (Å²) >= 11 is 0. The summed E-state index contributed by atoms with van der Waals surface area (Å²) in [6.45, 7) is 0. The summed E-state index contributed by atoms with van der Waals surface area (Å²) in [6, 6.07) is 0. The van der Waals surface area contributed by atoms with Crippen molar-refractivity contribution < 1.29 is 4.74 Å². The lowest BCUT2D eigenvalue weighted by molar-refractivity contribution is 0.410. The molecule has 5 nitrogen and oxygen atoms in total. The number of ether oxygens (including phenoxy) is 1. The molecule has 1 aromatic rings. The third kappa shape index (κ3) is 1.17. The molecule has 0 radical (unpaired) electrons. The average Bonchev–Trinajstić information content (AvgIpc) is 2.01. The third-order valence-corrected chi connectivity index (χ3v) is 1.36. The second-order valence-corrected chi connectivity index (χ2v) is 2.06. The fourth-order valence-electron chi connectivity index (χ4n) is 0.703. The quantitative estimate of drug-likeness (QED) is 0.586. The van der Waals surface area contributed by atoms with Crippen LogP contribution in [0.4, 0.5) is 5.69 Å². The van der Waals surface area contributed by atoms with Gasteiger partial charge in [0, 0.05) is 7.05 Å². The molecule has 0 saturated carbocycles. The van der Waals surface area contributed by atoms with Gasteiger partial charge in [-0.05, 0) is 0 Å². The molecule has 0 aliphatic rings. The Morgan fingerprint density at radius 2 is 2.36 bits per heavy atom. The zero-order valence-electron chi connectivity index (χ0n) is 6.37. The first-order chi connectivity index (χ1) is 5.16. The van der Waals surface area contributed by atoms with E-state index in [2.05, 4.69) is 5.10 Å². The van der Waals surface area contributed by atoms with Crippen molar-refractivity contribution in [3.05, 3.63) is 16.6 Å². The van der Waals surface area contributed by atoms with Gasteiger partial charge in [0.2, 0.25) is 0 Å². The number of nitrogen functional groups attached to an aromatic ring is 1. The van der Waals surface area contributed by atoms with Crippen molar-refractivity contribution in [2.24, 2.45) is 7.05 Å². The maximum atomic E-state index is 11.0. The predicted molar refractivity (Wildman–Crippen MR) is 40.4 cm³/mol. The number of anilines is 1. The first kappa shape index (κ1) is 7.59. The average molecular weight is 155 g/mol. The first-order valence-corrected chi connectivity index (χ1v) is 3.02. The van der Waals surface area contributed by atoms with Crippen LogP contribution in [0.3, 0.4) is 0 Å². The van der Waals surface area contributed by atoms with Gasteiger partial charge in [-0.1, -0.05) is 0 Å². The Kier molecular flexibility index (Phi) is 1.80. The van der Waals surface area contributed by atoms with Crippen molar-refractivity contribution >= 4 is 5.69 Å². The second-order valence-electron chi connectivity index (χ2n) is 2.06. The van der Waals surface area contributed by atoms with Crippen molar-refractivity contribution in [2.45, 2.75) is 0 Å². The van der Waals surface area contributed by atoms with E-state index in [1.807, 2.05) is 0 Å². The van der Waals surface area contributed by atoms with Crippen molar-refractivity contribution in [1.29, 1.82) is 0 Å². The third-order valence-electron chi connectivity index (χ3n) is 1.36. The Labute approximate surface area is 63.4 Å². The van der Waals surface area contributed by atoms with Gasteiger partial charge < -0.3 is 10.5 Å². The first-order valence-electron chi connectivity index (χ1n) is 3.02. The highest BCUT2D eigenvalue weighted by Gasteiger charge is 2.04. The lowest BCUT2D eigenvalue weighted by Gasteiger charge is -2.02. The Morgan fingerprint density at radius 3 is 2.91 bits per heavy atom. The molecule has 0 unspecified atom stereocenters. The number of hydrogen-bond acceptors (Lipinski definition) is 4. The SMILES string of the molecule is COc1cnn(C)c(=O)c1N. The summed E-state index contributed by atoms with van der Waals surface area (Å²) in [5.41, 5.74) is 5.14. The molecule has 0 atom stereocenters. The molecule has 1 heterocycles. The van der Waals surface area contributed by atoms with Crippen LogP contribution in [0.2, 0.25) is 0 Å². The largest absolute Gasteiger partial charge is 0.493 e. The highest BCUT2D eigenvalue weighted by molar-refractivity contribution is 5.48. The van der Waals surface area contributed by atoms with Crippen LogP contribution in [0, 0.1) is 0 Å². The standard InChI is InChI=1S/C6H9N3O2/c1-9-6(10)5(7)4(11-2)3-8-9/h3H,7H2,1-2H3. The van der Waals surface area contributed by atoms with Gasteiger partial charge in [0.15, 0.2) is 5.75 Å². The molecule has 0 fully saturated rings. The predicted octanol–water partition coefficient (Wildman–Crippen LogP) is -0.629. The van der Waals surface area contributed by atoms with Gasteiger partial charge in [0.25, 0.3) is 5.56 Å². The molecule has 0 saturated heterocycles. The molecule has 1 aromatic heterocycles. The summed E-state index contributed by atoms with van der Waals surface area (Å²) in [4.78, 5) is 11.0. The van der Waals surface area contributed by atoms with Crippen molar-refractivity contribution in [1.82, 2.24) is 9.78 Å². The molecular formula is C6H9N3O2. The molecule has 60 valence electrons. The molecule has 0 aliphatic carbocycles. The topological polar surface area (TPSA) is 70.1 Å². The van der Waals surface area contributed by atoms with Crippen molar-refractivity contribution in [3.63, 3.8) is 0 Å². The van der Waals surface area contributed by atoms with Crippen LogP contribution >= 0.6 is 0 Å². The van der Waals surface area contributed by atoms with Gasteiger partial charge in [0.1, 0.15) is 5.69 Å². The van der Waals surface area contributed by atoms with Crippen LogP contribution in [0.25, 0.3) is 0 Å². The van der Waals surface area contributed by atoms with Crippen LogP contribution in [0.15, 0.2) is 11.0 Å². The lowest BCUT2D eigenvalue weighted by atomic mass is 10.4. The van der Waals surface area contributed by atoms with Crippen molar-refractivity contribution in [2.75, 3.05) is 12.8 Å². The van der Waals surface area contributed by atoms with Gasteiger partial charge in [-0.15, -0.1) is 0 Å². The zero-order valence-corrected chi connectivity index (χ0v) is 6.37. The Bertz CT molecular complexity index is 318. The number of aromatic nitrogens is 2. The van der Waals surface area contributed by atoms with Crippen LogP contribution in [-0.2, 0) is 7.05 Å². The van der Waals surface area contributed by atoms with Crippen LogP contribution < -0.4 is 16.0 Å². The molecule has 0 amide bonds. The highest BCUT2D eigenvalue weighted by atomic mass is 16.5. The van der Waals surface area contributed by atoms with E-state index in [9.17, 15) is 4.79 Å². The molecular weight excluding hydrogens is 146 g/mol. The molecule has 0 aromatic carbocycles. The minimum absolute atomic E-state index is 0.0880. The Morgan fingerprint density at radius 1 is 1.73 bits per heavy atom. The number of nitrogens with two attached hydrogens (primary N) is 1. The summed E-state index contributed by atoms with van der Waals surface area (Å²) < 4.78 is 5.93. The van der Waals surface area contributed by atoms with E-state index in [1.54, 1.807) is 0 Å². The van der Waals surface area contributed by atoms with Crippen LogP contribution in [0.1, 0.15) is 0 Å². The maximum Gasteiger partial charge on any atom is 0.293 e. The number of nitrogens with zero attached hydrogens (tertiary/aromatic N) is 2. The molecule has 0 spiro atoms. The van der Waals surface area contributed by atoms with Gasteiger partial charge >= 0.3 is 0 Å². The summed E-state index contributed by atoms with van der Waals surface area (Å²) in [5, 5.41) is 3.71. The van der Waals surface area contributed by atoms with E-state index >= 15 is 0 Å². The van der Waals surface area contributed by atoms with Gasteiger partial charge in [-0.25, -0.2) is 4.68 Å². The normalized spacial score (nSPS) is 9.64. The van der Waals surface area contributed by atoms with Gasteiger partial charge in [-0.2, -0.15) is 5.10 Å². The molecule has 5 heteroatoms. The summed E-state index contributed by atoms with van der Waals surface area (Å²) in [6.07, 6.45) is 1.40. The number of aryl methyl sites for hydroxylation is 1. The van der Waals surface area contributed by atoms with Gasteiger partial charge in [-0.3, -0.25) is 4.79 Å². The number of rotatable bonds is 1. The fraction of sp³-hybridized carbons (Fsp3) is 0.333. The maximum absolute atomic E-state index is 11.0. The lowest BCUT2D eigenvalue weighted by Crippen LogP contribution is -2.22. The fourth-order valence-corrected chi connectivity index (χ4v) is 0.703. The van der Waals surface area contributed by atoms with E-state index in [1.165, 1.54) is 20.4 Å². The highest BCUT2D eigenvalue weighted by Crippen LogP contribution is 2.11. The minimum Gasteiger partial charge on any atom is -0.493 e. The molecule has 0 aliphatic heterocycles. The van der Waals surface area contributed by atoms with E-state index in [4.69, 9.17) is 10.5 Å². The van der Waals surface area contributed by atoms with E-state index in [0.717, 1.165) is 4.68 Å². The van der Waals surface area contributed by atoms with E-state index in [-0.39, 0.29) is 11.2 Å². The Balaban J connectivity index is 3.37. The van der Waals surface area contributed by atoms with Crippen molar-refractivity contribution in [3.8, 4) is 5.75 Å². The molecule has 2 N–H and O–H groups in total. The van der Waals surface area contributed by atoms with Crippen LogP contribution in [0.5, 0.6) is 5.75 Å². The zero-order chi connectivity index (χ0) is 8.43. The molecule has 11 heavy (non-hydrogen) atoms. The second kappa shape index (κ2) is 2.61. The monoisotopic (exact) mass is 155 g/mol. The van der Waals surface area contributed by atoms with Crippen LogP contribution in [-0.4, -0.2) is 16.9 Å². The van der Waals surface area contributed by atoms with E-state index in [0.29, 0.717) is 5.75 Å².